The van der Waals surface area contributed by atoms with Crippen molar-refractivity contribution < 1.29 is 19.4 Å². The van der Waals surface area contributed by atoms with E-state index in [2.05, 4.69) is 43.5 Å². The fraction of sp³-hybridized carbons (Fsp3) is 0.632. The van der Waals surface area contributed by atoms with Crippen LogP contribution in [-0.4, -0.2) is 63.7 Å². The summed E-state index contributed by atoms with van der Waals surface area (Å²) in [5.41, 5.74) is 2.61. The molecule has 0 radical (unpaired) electrons. The van der Waals surface area contributed by atoms with Gasteiger partial charge in [0.2, 0.25) is 17.7 Å². The highest BCUT2D eigenvalue weighted by atomic mass is 16.5. The Labute approximate surface area is 279 Å². The minimum Gasteiger partial charge on any atom is -0.471 e. The second kappa shape index (κ2) is 12.9. The number of nitrogens with one attached hydrogen (secondary N) is 2. The molecule has 3 N–H and O–H groups in total. The summed E-state index contributed by atoms with van der Waals surface area (Å²) in [6, 6.07) is 11.2. The van der Waals surface area contributed by atoms with E-state index in [1.165, 1.54) is 0 Å². The molecule has 2 saturated carbocycles. The van der Waals surface area contributed by atoms with Crippen molar-refractivity contribution in [3.63, 3.8) is 0 Å². The van der Waals surface area contributed by atoms with Crippen molar-refractivity contribution in [2.45, 2.75) is 122 Å². The summed E-state index contributed by atoms with van der Waals surface area (Å²) in [6.45, 7) is 11.0. The third-order valence-electron chi connectivity index (χ3n) is 11.0. The van der Waals surface area contributed by atoms with E-state index in [4.69, 9.17) is 9.72 Å². The zero-order chi connectivity index (χ0) is 33.6. The molecule has 1 saturated heterocycles. The molecule has 4 atom stereocenters. The molecule has 2 amide bonds. The van der Waals surface area contributed by atoms with Crippen LogP contribution < -0.4 is 15.4 Å². The number of rotatable bonds is 10. The highest BCUT2D eigenvalue weighted by molar-refractivity contribution is 5.94. The summed E-state index contributed by atoms with van der Waals surface area (Å²) < 4.78 is 6.47. The summed E-state index contributed by atoms with van der Waals surface area (Å²) in [5.74, 6) is -0.0309. The monoisotopic (exact) mass is 641 g/mol. The number of nitrogens with zero attached hydrogens (tertiary/aromatic N) is 3. The maximum absolute atomic E-state index is 14.0. The van der Waals surface area contributed by atoms with E-state index in [0.717, 1.165) is 68.1 Å². The minimum absolute atomic E-state index is 0.0328. The maximum Gasteiger partial charge on any atom is 0.229 e. The Morgan fingerprint density at radius 2 is 1.96 bits per heavy atom. The van der Waals surface area contributed by atoms with Crippen LogP contribution in [-0.2, 0) is 22.4 Å². The number of aromatic nitrogens is 1. The van der Waals surface area contributed by atoms with Gasteiger partial charge in [-0.1, -0.05) is 46.8 Å². The number of carbonyl (C=O) groups is 2. The molecule has 2 aliphatic carbocycles. The lowest BCUT2D eigenvalue weighted by Crippen LogP contribution is -2.54. The third kappa shape index (κ3) is 7.05. The summed E-state index contributed by atoms with van der Waals surface area (Å²) in [7, 11) is 0. The van der Waals surface area contributed by atoms with Crippen molar-refractivity contribution in [1.82, 2.24) is 20.5 Å². The third-order valence-corrected chi connectivity index (χ3v) is 11.0. The van der Waals surface area contributed by atoms with Crippen LogP contribution in [0.4, 0.5) is 0 Å². The summed E-state index contributed by atoms with van der Waals surface area (Å²) in [5, 5.41) is 28.1. The number of benzene rings is 1. The SMILES string of the molecule is CC(C)(C)Cc1cnc2c(c1)[C@@H](NC[C@@H](O)[C@H](Cc1cccc(C#N)c1)NC(=O)C1CN(C3CCC3)C(=O)C1(C)C)CC1(CCC1)O2. The molecule has 3 heterocycles. The second-order valence-electron chi connectivity index (χ2n) is 16.3. The summed E-state index contributed by atoms with van der Waals surface area (Å²) in [6.07, 6.45) is 9.22. The normalized spacial score (nSPS) is 24.4. The lowest BCUT2D eigenvalue weighted by atomic mass is 9.73. The number of hydrogen-bond donors (Lipinski definition) is 3. The Kier molecular flexibility index (Phi) is 9.14. The first kappa shape index (κ1) is 33.4. The lowest BCUT2D eigenvalue weighted by Gasteiger charge is -2.47. The molecule has 2 aromatic rings. The Hall–Kier alpha value is -3.48. The van der Waals surface area contributed by atoms with E-state index in [-0.39, 0.29) is 41.5 Å². The molecule has 4 aliphatic rings. The number of hydrogen-bond acceptors (Lipinski definition) is 7. The summed E-state index contributed by atoms with van der Waals surface area (Å²) >= 11 is 0. The van der Waals surface area contributed by atoms with Crippen LogP contribution in [0.2, 0.25) is 0 Å². The molecule has 1 aromatic heterocycles. The zero-order valence-electron chi connectivity index (χ0n) is 28.6. The average Bonchev–Trinajstić information content (AvgIpc) is 3.21. The summed E-state index contributed by atoms with van der Waals surface area (Å²) in [4.78, 5) is 34.0. The Morgan fingerprint density at radius 1 is 1.19 bits per heavy atom. The van der Waals surface area contributed by atoms with Crippen molar-refractivity contribution >= 4 is 11.8 Å². The standard InChI is InChI=1S/C38H51N5O4/c1-36(2,3)18-26-16-28-31(19-38(13-8-14-38)47-34(28)41-21-26)40-22-32(44)30(17-24-9-6-10-25(15-24)20-39)42-33(45)29-23-43(27-11-7-12-27)35(46)37(29,4)5/h6,9-10,15-16,21,27,29-32,40,44H,7-8,11-14,17-19,22-23H2,1-5H3,(H,42,45)/t29?,30-,31-,32+/m0/s1. The van der Waals surface area contributed by atoms with Gasteiger partial charge in [-0.05, 0) is 86.1 Å². The number of aliphatic hydroxyl groups is 1. The van der Waals surface area contributed by atoms with Gasteiger partial charge in [0.15, 0.2) is 0 Å². The van der Waals surface area contributed by atoms with Crippen molar-refractivity contribution in [3.05, 3.63) is 58.8 Å². The van der Waals surface area contributed by atoms with Gasteiger partial charge >= 0.3 is 0 Å². The molecule has 9 nitrogen and oxygen atoms in total. The Balaban J connectivity index is 1.21. The second-order valence-corrected chi connectivity index (χ2v) is 16.3. The van der Waals surface area contributed by atoms with Gasteiger partial charge in [0.25, 0.3) is 0 Å². The fourth-order valence-corrected chi connectivity index (χ4v) is 7.79. The first-order valence-electron chi connectivity index (χ1n) is 17.5. The van der Waals surface area contributed by atoms with E-state index in [9.17, 15) is 20.0 Å². The van der Waals surface area contributed by atoms with Gasteiger partial charge in [-0.25, -0.2) is 4.98 Å². The van der Waals surface area contributed by atoms with Gasteiger partial charge in [-0.3, -0.25) is 9.59 Å². The molecule has 47 heavy (non-hydrogen) atoms. The molecule has 1 unspecified atom stereocenters. The quantitative estimate of drug-likeness (QED) is 0.333. The molecule has 1 aromatic carbocycles. The van der Waals surface area contributed by atoms with Gasteiger partial charge in [-0.2, -0.15) is 5.26 Å². The van der Waals surface area contributed by atoms with Crippen LogP contribution >= 0.6 is 0 Å². The van der Waals surface area contributed by atoms with Crippen molar-refractivity contribution in [2.75, 3.05) is 13.1 Å². The van der Waals surface area contributed by atoms with Crippen LogP contribution in [0.25, 0.3) is 0 Å². The number of likely N-dealkylation sites (tertiary alicyclic amines) is 1. The van der Waals surface area contributed by atoms with Crippen molar-refractivity contribution in [1.29, 1.82) is 5.26 Å². The van der Waals surface area contributed by atoms with Crippen LogP contribution in [0.1, 0.15) is 108 Å². The smallest absolute Gasteiger partial charge is 0.229 e. The van der Waals surface area contributed by atoms with E-state index >= 15 is 0 Å². The van der Waals surface area contributed by atoms with Gasteiger partial charge in [0, 0.05) is 43.4 Å². The number of aliphatic hydroxyl groups excluding tert-OH is 1. The minimum atomic E-state index is -0.929. The first-order valence-corrected chi connectivity index (χ1v) is 17.5. The topological polar surface area (TPSA) is 128 Å². The van der Waals surface area contributed by atoms with Crippen LogP contribution in [0.3, 0.4) is 0 Å². The molecule has 2 aliphatic heterocycles. The number of ether oxygens (including phenoxy) is 1. The molecule has 9 heteroatoms. The molecular formula is C38H51N5O4. The maximum atomic E-state index is 14.0. The number of nitriles is 1. The van der Waals surface area contributed by atoms with E-state index in [1.54, 1.807) is 12.1 Å². The average molecular weight is 642 g/mol. The van der Waals surface area contributed by atoms with Crippen molar-refractivity contribution in [2.24, 2.45) is 16.7 Å². The first-order chi connectivity index (χ1) is 22.3. The van der Waals surface area contributed by atoms with E-state index in [1.807, 2.05) is 37.1 Å². The highest BCUT2D eigenvalue weighted by Crippen LogP contribution is 2.48. The number of carbonyl (C=O) groups excluding carboxylic acids is 2. The number of fused-ring (bicyclic) bond motifs is 1. The van der Waals surface area contributed by atoms with E-state index < -0.39 is 23.5 Å². The molecule has 3 fully saturated rings. The van der Waals surface area contributed by atoms with Crippen LogP contribution in [0, 0.1) is 28.1 Å². The van der Waals surface area contributed by atoms with Gasteiger partial charge in [0.1, 0.15) is 5.60 Å². The molecular weight excluding hydrogens is 590 g/mol. The molecule has 1 spiro atoms. The highest BCUT2D eigenvalue weighted by Gasteiger charge is 2.53. The van der Waals surface area contributed by atoms with Crippen LogP contribution in [0.5, 0.6) is 5.88 Å². The Bertz CT molecular complexity index is 1530. The predicted molar refractivity (Wildman–Crippen MR) is 179 cm³/mol. The molecule has 6 rings (SSSR count). The van der Waals surface area contributed by atoms with Crippen molar-refractivity contribution in [3.8, 4) is 11.9 Å². The van der Waals surface area contributed by atoms with Crippen LogP contribution in [0.15, 0.2) is 36.5 Å². The molecule has 0 bridgehead atoms. The largest absolute Gasteiger partial charge is 0.471 e. The Morgan fingerprint density at radius 3 is 2.60 bits per heavy atom. The number of amides is 2. The lowest BCUT2D eigenvalue weighted by molar-refractivity contribution is -0.140. The number of pyridine rings is 1. The zero-order valence-corrected chi connectivity index (χ0v) is 28.6. The molecule has 252 valence electrons. The fourth-order valence-electron chi connectivity index (χ4n) is 7.79. The van der Waals surface area contributed by atoms with Gasteiger partial charge in [-0.15, -0.1) is 0 Å². The predicted octanol–water partition coefficient (Wildman–Crippen LogP) is 5.00. The van der Waals surface area contributed by atoms with Gasteiger partial charge < -0.3 is 25.4 Å². The van der Waals surface area contributed by atoms with E-state index in [0.29, 0.717) is 24.4 Å². The van der Waals surface area contributed by atoms with Gasteiger partial charge in [0.05, 0.1) is 35.1 Å².